The number of alkyl halides is 1. The number of nitrogens with zero attached hydrogens (tertiary/aromatic N) is 4. The molecule has 1 spiro atoms. The molecule has 2 saturated carbocycles. The minimum Gasteiger partial charge on any atom is -0.472 e. The summed E-state index contributed by atoms with van der Waals surface area (Å²) in [5.41, 5.74) is -2.56. The average molecular weight is 695 g/mol. The largest absolute Gasteiger partial charge is 0.472 e. The Morgan fingerprint density at radius 2 is 1.98 bits per heavy atom. The Labute approximate surface area is 286 Å². The SMILES string of the molecule is CC(C)(C)C(NC(=O)OCc1ccc(F)cc1F)C(=O)N1CC2C3CC(F)C(C3)C2C1C(=O)N1CC2(CC1C#N)Oc1cccnc1NC2=O. The molecule has 5 aliphatic rings. The molecule has 15 heteroatoms. The van der Waals surface area contributed by atoms with Crippen LogP contribution in [0.5, 0.6) is 5.75 Å². The zero-order chi connectivity index (χ0) is 35.7. The normalized spacial score (nSPS) is 31.4. The van der Waals surface area contributed by atoms with E-state index in [1.54, 1.807) is 32.9 Å². The Hall–Kier alpha value is -4.87. The van der Waals surface area contributed by atoms with Crippen LogP contribution < -0.4 is 15.4 Å². The summed E-state index contributed by atoms with van der Waals surface area (Å²) in [5.74, 6) is -4.16. The van der Waals surface area contributed by atoms with Crippen LogP contribution in [0.3, 0.4) is 0 Å². The summed E-state index contributed by atoms with van der Waals surface area (Å²) in [6.45, 7) is 4.48. The second kappa shape index (κ2) is 12.2. The van der Waals surface area contributed by atoms with E-state index in [9.17, 15) is 33.2 Å². The Morgan fingerprint density at radius 3 is 2.70 bits per heavy atom. The maximum absolute atomic E-state index is 15.3. The lowest BCUT2D eigenvalue weighted by molar-refractivity contribution is -0.149. The maximum Gasteiger partial charge on any atom is 0.408 e. The van der Waals surface area contributed by atoms with Crippen molar-refractivity contribution in [3.63, 3.8) is 0 Å². The van der Waals surface area contributed by atoms with Gasteiger partial charge in [-0.05, 0) is 66.2 Å². The first-order valence-corrected chi connectivity index (χ1v) is 16.7. The quantitative estimate of drug-likeness (QED) is 0.481. The van der Waals surface area contributed by atoms with E-state index >= 15 is 4.39 Å². The highest BCUT2D eigenvalue weighted by molar-refractivity contribution is 6.01. The zero-order valence-corrected chi connectivity index (χ0v) is 27.7. The van der Waals surface area contributed by atoms with Gasteiger partial charge in [0, 0.05) is 30.8 Å². The fourth-order valence-electron chi connectivity index (χ4n) is 8.68. The van der Waals surface area contributed by atoms with Crippen molar-refractivity contribution in [2.45, 2.75) is 76.5 Å². The molecular formula is C35H37F3N6O6. The third-order valence-corrected chi connectivity index (χ3v) is 11.0. The van der Waals surface area contributed by atoms with Crippen molar-refractivity contribution in [3.05, 3.63) is 53.7 Å². The lowest BCUT2D eigenvalue weighted by atomic mass is 9.77. The highest BCUT2D eigenvalue weighted by Crippen LogP contribution is 2.59. The predicted octanol–water partition coefficient (Wildman–Crippen LogP) is 3.72. The Kier molecular flexibility index (Phi) is 8.18. The van der Waals surface area contributed by atoms with Crippen molar-refractivity contribution in [3.8, 4) is 11.8 Å². The summed E-state index contributed by atoms with van der Waals surface area (Å²) in [6, 6.07) is 4.73. The molecule has 4 heterocycles. The number of rotatable bonds is 5. The van der Waals surface area contributed by atoms with Gasteiger partial charge in [0.2, 0.25) is 17.4 Å². The van der Waals surface area contributed by atoms with Gasteiger partial charge in [-0.2, -0.15) is 5.26 Å². The van der Waals surface area contributed by atoms with Crippen LogP contribution >= 0.6 is 0 Å². The van der Waals surface area contributed by atoms with E-state index in [1.165, 1.54) is 16.0 Å². The van der Waals surface area contributed by atoms with Crippen molar-refractivity contribution in [2.24, 2.45) is 29.1 Å². The number of aromatic nitrogens is 1. The standard InChI is InChI=1S/C35H37F3N6O6/c1-34(2,3)28(41-33(48)49-15-17-6-7-19(36)11-23(17)37)31(46)43-14-22-18-9-21(24(38)10-18)26(22)27(43)30(45)44-16-35(12-20(44)13-39)32(47)42-29-25(50-35)5-4-8-40-29/h4-8,11,18,20-22,24,26-28H,9-10,12,14-16H2,1-3H3,(H,41,48)(H,40,42,47). The van der Waals surface area contributed by atoms with Crippen LogP contribution in [-0.2, 0) is 25.7 Å². The molecule has 2 saturated heterocycles. The lowest BCUT2D eigenvalue weighted by Crippen LogP contribution is -2.60. The fourth-order valence-corrected chi connectivity index (χ4v) is 8.68. The molecule has 1 aromatic heterocycles. The van der Waals surface area contributed by atoms with Crippen LogP contribution in [0, 0.1) is 52.1 Å². The van der Waals surface area contributed by atoms with Gasteiger partial charge in [0.05, 0.1) is 12.6 Å². The van der Waals surface area contributed by atoms with Crippen LogP contribution in [-0.4, -0.2) is 81.6 Å². The number of anilines is 1. The molecule has 9 unspecified atom stereocenters. The number of likely N-dealkylation sites (tertiary alicyclic amines) is 2. The van der Waals surface area contributed by atoms with Gasteiger partial charge in [0.15, 0.2) is 11.6 Å². The molecule has 264 valence electrons. The summed E-state index contributed by atoms with van der Waals surface area (Å²) in [5, 5.41) is 15.5. The Bertz CT molecular complexity index is 1800. The minimum atomic E-state index is -1.58. The van der Waals surface area contributed by atoms with Crippen LogP contribution in [0.15, 0.2) is 36.5 Å². The first kappa shape index (κ1) is 33.6. The smallest absolute Gasteiger partial charge is 0.408 e. The number of carbonyl (C=O) groups is 4. The van der Waals surface area contributed by atoms with Crippen molar-refractivity contribution in [1.29, 1.82) is 5.26 Å². The molecular weight excluding hydrogens is 657 g/mol. The van der Waals surface area contributed by atoms with Gasteiger partial charge < -0.3 is 29.9 Å². The average Bonchev–Trinajstić information content (AvgIpc) is 3.82. The lowest BCUT2D eigenvalue weighted by Gasteiger charge is -2.38. The number of carbonyl (C=O) groups excluding carboxylic acids is 4. The van der Waals surface area contributed by atoms with Gasteiger partial charge in [-0.15, -0.1) is 0 Å². The van der Waals surface area contributed by atoms with Crippen LogP contribution in [0.25, 0.3) is 0 Å². The number of benzene rings is 1. The summed E-state index contributed by atoms with van der Waals surface area (Å²) >= 11 is 0. The summed E-state index contributed by atoms with van der Waals surface area (Å²) in [6.07, 6.45) is 0.0819. The van der Waals surface area contributed by atoms with Gasteiger partial charge in [0.1, 0.15) is 42.5 Å². The maximum atomic E-state index is 15.3. The van der Waals surface area contributed by atoms with Crippen molar-refractivity contribution in [2.75, 3.05) is 18.4 Å². The number of nitriles is 1. The van der Waals surface area contributed by atoms with E-state index in [-0.39, 0.29) is 48.5 Å². The molecule has 2 bridgehead atoms. The van der Waals surface area contributed by atoms with E-state index in [1.807, 2.05) is 0 Å². The molecule has 0 radical (unpaired) electrons. The summed E-state index contributed by atoms with van der Waals surface area (Å²) < 4.78 is 54.2. The molecule has 2 aliphatic carbocycles. The number of hydrogen-bond donors (Lipinski definition) is 2. The minimum absolute atomic E-state index is 0.0436. The van der Waals surface area contributed by atoms with Crippen molar-refractivity contribution < 1.29 is 41.8 Å². The van der Waals surface area contributed by atoms with Gasteiger partial charge >= 0.3 is 6.09 Å². The fraction of sp³-hybridized carbons (Fsp3) is 0.543. The molecule has 7 rings (SSSR count). The van der Waals surface area contributed by atoms with Crippen LogP contribution in [0.2, 0.25) is 0 Å². The second-order valence-electron chi connectivity index (χ2n) is 15.1. The third-order valence-electron chi connectivity index (χ3n) is 11.0. The molecule has 4 fully saturated rings. The Morgan fingerprint density at radius 1 is 1.20 bits per heavy atom. The molecule has 2 N–H and O–H groups in total. The van der Waals surface area contributed by atoms with Crippen molar-refractivity contribution >= 4 is 29.6 Å². The highest BCUT2D eigenvalue weighted by Gasteiger charge is 2.65. The molecule has 2 aromatic rings. The van der Waals surface area contributed by atoms with Gasteiger partial charge in [-0.3, -0.25) is 14.4 Å². The number of hydrogen-bond acceptors (Lipinski definition) is 8. The highest BCUT2D eigenvalue weighted by atomic mass is 19.1. The van der Waals surface area contributed by atoms with Crippen LogP contribution in [0.4, 0.5) is 23.8 Å². The predicted molar refractivity (Wildman–Crippen MR) is 168 cm³/mol. The number of fused-ring (bicyclic) bond motifs is 6. The molecule has 1 aromatic carbocycles. The number of nitrogens with one attached hydrogen (secondary N) is 2. The van der Waals surface area contributed by atoms with Crippen LogP contribution in [0.1, 0.15) is 45.6 Å². The summed E-state index contributed by atoms with van der Waals surface area (Å²) in [7, 11) is 0. The molecule has 50 heavy (non-hydrogen) atoms. The topological polar surface area (TPSA) is 154 Å². The zero-order valence-electron chi connectivity index (χ0n) is 27.7. The van der Waals surface area contributed by atoms with E-state index in [0.29, 0.717) is 18.9 Å². The van der Waals surface area contributed by atoms with Gasteiger partial charge in [-0.25, -0.2) is 22.9 Å². The molecule has 12 nitrogen and oxygen atoms in total. The van der Waals surface area contributed by atoms with E-state index < -0.39 is 89.2 Å². The van der Waals surface area contributed by atoms with E-state index in [0.717, 1.165) is 12.1 Å². The molecule has 9 atom stereocenters. The first-order chi connectivity index (χ1) is 23.7. The van der Waals surface area contributed by atoms with E-state index in [4.69, 9.17) is 9.47 Å². The summed E-state index contributed by atoms with van der Waals surface area (Å²) in [4.78, 5) is 62.4. The van der Waals surface area contributed by atoms with E-state index in [2.05, 4.69) is 21.7 Å². The number of ether oxygens (including phenoxy) is 2. The number of alkyl carbamates (subject to hydrolysis) is 1. The number of pyridine rings is 1. The van der Waals surface area contributed by atoms with Gasteiger partial charge in [-0.1, -0.05) is 20.8 Å². The number of halogens is 3. The first-order valence-electron chi connectivity index (χ1n) is 16.7. The number of amides is 4. The molecule has 4 amide bonds. The Balaban J connectivity index is 1.16. The third kappa shape index (κ3) is 5.58. The van der Waals surface area contributed by atoms with Gasteiger partial charge in [0.25, 0.3) is 5.91 Å². The monoisotopic (exact) mass is 694 g/mol. The second-order valence-corrected chi connectivity index (χ2v) is 15.1. The molecule has 3 aliphatic heterocycles. The van der Waals surface area contributed by atoms with Crippen molar-refractivity contribution in [1.82, 2.24) is 20.1 Å².